The van der Waals surface area contributed by atoms with Crippen LogP contribution in [0.25, 0.3) is 0 Å². The van der Waals surface area contributed by atoms with E-state index >= 15 is 0 Å². The summed E-state index contributed by atoms with van der Waals surface area (Å²) in [5.41, 5.74) is 4.08. The lowest BCUT2D eigenvalue weighted by molar-refractivity contribution is -0.117. The van der Waals surface area contributed by atoms with Crippen LogP contribution in [-0.2, 0) is 11.3 Å². The maximum Gasteiger partial charge on any atom is 0.238 e. The zero-order valence-corrected chi connectivity index (χ0v) is 13.9. The molecule has 0 heterocycles. The SMILES string of the molecule is Cc1ccc(C)c(NC(=O)CN(C)Cc2ccccc2Cl)c1. The van der Waals surface area contributed by atoms with Gasteiger partial charge in [0.05, 0.1) is 6.54 Å². The monoisotopic (exact) mass is 316 g/mol. The molecule has 3 nitrogen and oxygen atoms in total. The quantitative estimate of drug-likeness (QED) is 0.903. The van der Waals surface area contributed by atoms with Crippen molar-refractivity contribution in [2.75, 3.05) is 18.9 Å². The predicted molar refractivity (Wildman–Crippen MR) is 92.3 cm³/mol. The lowest BCUT2D eigenvalue weighted by Crippen LogP contribution is -2.30. The van der Waals surface area contributed by atoms with Crippen molar-refractivity contribution in [1.29, 1.82) is 0 Å². The third-order valence-corrected chi connectivity index (χ3v) is 3.85. The molecule has 22 heavy (non-hydrogen) atoms. The molecule has 0 fully saturated rings. The van der Waals surface area contributed by atoms with Crippen molar-refractivity contribution in [3.05, 3.63) is 64.2 Å². The van der Waals surface area contributed by atoms with Crippen molar-refractivity contribution < 1.29 is 4.79 Å². The molecule has 0 aliphatic heterocycles. The molecular formula is C18H21ClN2O. The first-order valence-electron chi connectivity index (χ1n) is 7.25. The molecule has 0 atom stereocenters. The fourth-order valence-corrected chi connectivity index (χ4v) is 2.47. The van der Waals surface area contributed by atoms with E-state index in [0.717, 1.165) is 27.4 Å². The Kier molecular flexibility index (Phi) is 5.58. The Balaban J connectivity index is 1.94. The molecule has 0 bridgehead atoms. The number of amides is 1. The first kappa shape index (κ1) is 16.5. The fraction of sp³-hybridized carbons (Fsp3) is 0.278. The van der Waals surface area contributed by atoms with Gasteiger partial charge in [-0.05, 0) is 49.7 Å². The van der Waals surface area contributed by atoms with E-state index < -0.39 is 0 Å². The van der Waals surface area contributed by atoms with Gasteiger partial charge < -0.3 is 5.32 Å². The summed E-state index contributed by atoms with van der Waals surface area (Å²) in [6, 6.07) is 13.7. The van der Waals surface area contributed by atoms with Gasteiger partial charge in [0.25, 0.3) is 0 Å². The summed E-state index contributed by atoms with van der Waals surface area (Å²) >= 11 is 6.15. The van der Waals surface area contributed by atoms with Crippen LogP contribution < -0.4 is 5.32 Å². The van der Waals surface area contributed by atoms with Gasteiger partial charge in [-0.3, -0.25) is 9.69 Å². The molecule has 2 rings (SSSR count). The van der Waals surface area contributed by atoms with Crippen molar-refractivity contribution in [1.82, 2.24) is 4.90 Å². The van der Waals surface area contributed by atoms with E-state index in [4.69, 9.17) is 11.6 Å². The van der Waals surface area contributed by atoms with Crippen LogP contribution >= 0.6 is 11.6 Å². The zero-order chi connectivity index (χ0) is 16.1. The molecule has 0 radical (unpaired) electrons. The number of hydrogen-bond acceptors (Lipinski definition) is 2. The number of benzene rings is 2. The molecule has 0 aliphatic carbocycles. The summed E-state index contributed by atoms with van der Waals surface area (Å²) in [5, 5.41) is 3.69. The van der Waals surface area contributed by atoms with E-state index in [1.54, 1.807) is 0 Å². The number of likely N-dealkylation sites (N-methyl/N-ethyl adjacent to an activating group) is 1. The summed E-state index contributed by atoms with van der Waals surface area (Å²) in [5.74, 6) is -0.0248. The van der Waals surface area contributed by atoms with E-state index in [1.165, 1.54) is 0 Å². The predicted octanol–water partition coefficient (Wildman–Crippen LogP) is 4.03. The lowest BCUT2D eigenvalue weighted by Gasteiger charge is -2.17. The summed E-state index contributed by atoms with van der Waals surface area (Å²) in [6.45, 7) is 4.96. The van der Waals surface area contributed by atoms with Gasteiger partial charge in [0.1, 0.15) is 0 Å². The van der Waals surface area contributed by atoms with E-state index in [1.807, 2.05) is 68.3 Å². The maximum atomic E-state index is 12.2. The highest BCUT2D eigenvalue weighted by molar-refractivity contribution is 6.31. The number of nitrogens with zero attached hydrogens (tertiary/aromatic N) is 1. The summed E-state index contributed by atoms with van der Waals surface area (Å²) in [7, 11) is 1.91. The van der Waals surface area contributed by atoms with E-state index in [0.29, 0.717) is 13.1 Å². The fourth-order valence-electron chi connectivity index (χ4n) is 2.28. The molecule has 0 saturated carbocycles. The highest BCUT2D eigenvalue weighted by Gasteiger charge is 2.10. The van der Waals surface area contributed by atoms with Crippen LogP contribution in [0.4, 0.5) is 5.69 Å². The van der Waals surface area contributed by atoms with Gasteiger partial charge in [-0.25, -0.2) is 0 Å². The van der Waals surface area contributed by atoms with Gasteiger partial charge in [-0.1, -0.05) is 41.9 Å². The average molecular weight is 317 g/mol. The minimum absolute atomic E-state index is 0.0248. The number of nitrogens with one attached hydrogen (secondary N) is 1. The third kappa shape index (κ3) is 4.58. The number of rotatable bonds is 5. The minimum Gasteiger partial charge on any atom is -0.325 e. The molecule has 2 aromatic rings. The van der Waals surface area contributed by atoms with Crippen molar-refractivity contribution in [3.8, 4) is 0 Å². The maximum absolute atomic E-state index is 12.2. The van der Waals surface area contributed by atoms with Gasteiger partial charge in [0.2, 0.25) is 5.91 Å². The highest BCUT2D eigenvalue weighted by atomic mass is 35.5. The first-order chi connectivity index (χ1) is 10.5. The van der Waals surface area contributed by atoms with Crippen molar-refractivity contribution in [3.63, 3.8) is 0 Å². The molecule has 0 aliphatic rings. The van der Waals surface area contributed by atoms with E-state index in [2.05, 4.69) is 5.32 Å². The van der Waals surface area contributed by atoms with Crippen LogP contribution in [0.5, 0.6) is 0 Å². The van der Waals surface area contributed by atoms with Crippen molar-refractivity contribution in [2.24, 2.45) is 0 Å². The Morgan fingerprint density at radius 1 is 1.18 bits per heavy atom. The number of anilines is 1. The number of hydrogen-bond donors (Lipinski definition) is 1. The summed E-state index contributed by atoms with van der Waals surface area (Å²) in [4.78, 5) is 14.1. The molecule has 116 valence electrons. The van der Waals surface area contributed by atoms with Crippen molar-refractivity contribution >= 4 is 23.2 Å². The Hall–Kier alpha value is -1.84. The topological polar surface area (TPSA) is 32.3 Å². The molecule has 0 unspecified atom stereocenters. The van der Waals surface area contributed by atoms with Gasteiger partial charge in [-0.2, -0.15) is 0 Å². The van der Waals surface area contributed by atoms with Crippen LogP contribution in [0.15, 0.2) is 42.5 Å². The molecule has 2 aromatic carbocycles. The number of aryl methyl sites for hydroxylation is 2. The lowest BCUT2D eigenvalue weighted by atomic mass is 10.1. The largest absolute Gasteiger partial charge is 0.325 e. The standard InChI is InChI=1S/C18H21ClN2O/c1-13-8-9-14(2)17(10-13)20-18(22)12-21(3)11-15-6-4-5-7-16(15)19/h4-10H,11-12H2,1-3H3,(H,20,22). The number of halogens is 1. The second-order valence-electron chi connectivity index (χ2n) is 5.63. The third-order valence-electron chi connectivity index (χ3n) is 3.48. The highest BCUT2D eigenvalue weighted by Crippen LogP contribution is 2.18. The second-order valence-corrected chi connectivity index (χ2v) is 6.04. The molecule has 0 spiro atoms. The Bertz CT molecular complexity index is 670. The van der Waals surface area contributed by atoms with Crippen LogP contribution in [0.1, 0.15) is 16.7 Å². The van der Waals surface area contributed by atoms with Crippen molar-refractivity contribution in [2.45, 2.75) is 20.4 Å². The van der Waals surface area contributed by atoms with Crippen LogP contribution in [0.2, 0.25) is 5.02 Å². The van der Waals surface area contributed by atoms with Gasteiger partial charge in [0, 0.05) is 17.3 Å². The number of carbonyl (C=O) groups excluding carboxylic acids is 1. The Labute approximate surface area is 136 Å². The number of carbonyl (C=O) groups is 1. The van der Waals surface area contributed by atoms with Gasteiger partial charge >= 0.3 is 0 Å². The summed E-state index contributed by atoms with van der Waals surface area (Å²) in [6.07, 6.45) is 0. The molecule has 0 saturated heterocycles. The molecular weight excluding hydrogens is 296 g/mol. The smallest absolute Gasteiger partial charge is 0.238 e. The van der Waals surface area contributed by atoms with Gasteiger partial charge in [0.15, 0.2) is 0 Å². The molecule has 1 N–H and O–H groups in total. The van der Waals surface area contributed by atoms with E-state index in [9.17, 15) is 4.79 Å². The van der Waals surface area contributed by atoms with Crippen LogP contribution in [0.3, 0.4) is 0 Å². The summed E-state index contributed by atoms with van der Waals surface area (Å²) < 4.78 is 0. The minimum atomic E-state index is -0.0248. The first-order valence-corrected chi connectivity index (χ1v) is 7.62. The zero-order valence-electron chi connectivity index (χ0n) is 13.2. The second kappa shape index (κ2) is 7.43. The normalized spacial score (nSPS) is 10.8. The molecule has 1 amide bonds. The molecule has 4 heteroatoms. The van der Waals surface area contributed by atoms with E-state index in [-0.39, 0.29) is 5.91 Å². The van der Waals surface area contributed by atoms with Crippen LogP contribution in [0, 0.1) is 13.8 Å². The Morgan fingerprint density at radius 2 is 1.91 bits per heavy atom. The molecule has 0 aromatic heterocycles. The average Bonchev–Trinajstić information content (AvgIpc) is 2.45. The Morgan fingerprint density at radius 3 is 2.64 bits per heavy atom. The van der Waals surface area contributed by atoms with Gasteiger partial charge in [-0.15, -0.1) is 0 Å². The van der Waals surface area contributed by atoms with Crippen LogP contribution in [-0.4, -0.2) is 24.4 Å².